The number of nitrogens with zero attached hydrogens (tertiary/aromatic N) is 4. The molecule has 1 N–H and O–H groups in total. The summed E-state index contributed by atoms with van der Waals surface area (Å²) in [6.45, 7) is 11.6. The highest BCUT2D eigenvalue weighted by molar-refractivity contribution is 14.0. The molecule has 0 saturated carbocycles. The molecule has 0 aliphatic carbocycles. The maximum Gasteiger partial charge on any atom is 0.193 e. The molecule has 0 aromatic heterocycles. The third-order valence-corrected chi connectivity index (χ3v) is 6.77. The van der Waals surface area contributed by atoms with Gasteiger partial charge in [-0.3, -0.25) is 9.89 Å². The molecule has 3 heterocycles. The highest BCUT2D eigenvalue weighted by Crippen LogP contribution is 2.23. The average molecular weight is 527 g/mol. The first kappa shape index (κ1) is 23.6. The minimum atomic E-state index is 0. The summed E-state index contributed by atoms with van der Waals surface area (Å²) < 4.78 is 5.50. The molecule has 30 heavy (non-hydrogen) atoms. The fraction of sp³-hybridized carbons (Fsp3) is 0.696. The second-order valence-electron chi connectivity index (χ2n) is 8.77. The second kappa shape index (κ2) is 11.5. The van der Waals surface area contributed by atoms with E-state index in [4.69, 9.17) is 4.74 Å². The molecule has 1 atom stereocenters. The van der Waals surface area contributed by atoms with Gasteiger partial charge in [0.1, 0.15) is 0 Å². The van der Waals surface area contributed by atoms with Crippen LogP contribution in [-0.2, 0) is 11.3 Å². The van der Waals surface area contributed by atoms with Gasteiger partial charge in [-0.05, 0) is 42.9 Å². The van der Waals surface area contributed by atoms with E-state index in [1.165, 1.54) is 43.6 Å². The van der Waals surface area contributed by atoms with Gasteiger partial charge in [0.05, 0.1) is 13.2 Å². The van der Waals surface area contributed by atoms with Gasteiger partial charge >= 0.3 is 0 Å². The van der Waals surface area contributed by atoms with Crippen LogP contribution < -0.4 is 10.2 Å². The van der Waals surface area contributed by atoms with Gasteiger partial charge in [0.15, 0.2) is 5.96 Å². The topological polar surface area (TPSA) is 43.3 Å². The number of benzene rings is 1. The summed E-state index contributed by atoms with van der Waals surface area (Å²) in [5.41, 5.74) is 2.67. The number of hydrogen-bond donors (Lipinski definition) is 1. The van der Waals surface area contributed by atoms with E-state index in [1.54, 1.807) is 0 Å². The summed E-state index contributed by atoms with van der Waals surface area (Å²) in [4.78, 5) is 12.0. The smallest absolute Gasteiger partial charge is 0.193 e. The van der Waals surface area contributed by atoms with Crippen molar-refractivity contribution in [3.63, 3.8) is 0 Å². The molecule has 0 amide bonds. The normalized spacial score (nSPS) is 24.1. The van der Waals surface area contributed by atoms with E-state index in [2.05, 4.69) is 56.2 Å². The maximum atomic E-state index is 5.50. The zero-order valence-corrected chi connectivity index (χ0v) is 20.9. The Bertz CT molecular complexity index is 669. The third-order valence-electron chi connectivity index (χ3n) is 6.77. The average Bonchev–Trinajstić information content (AvgIpc) is 3.26. The third kappa shape index (κ3) is 6.01. The van der Waals surface area contributed by atoms with Crippen molar-refractivity contribution < 1.29 is 4.74 Å². The van der Waals surface area contributed by atoms with Gasteiger partial charge in [-0.1, -0.05) is 19.1 Å². The van der Waals surface area contributed by atoms with E-state index >= 15 is 0 Å². The molecule has 0 radical (unpaired) electrons. The summed E-state index contributed by atoms with van der Waals surface area (Å²) in [7, 11) is 1.89. The molecule has 168 valence electrons. The molecular weight excluding hydrogens is 489 g/mol. The Hall–Kier alpha value is -1.06. The van der Waals surface area contributed by atoms with Crippen LogP contribution in [0.25, 0.3) is 0 Å². The zero-order chi connectivity index (χ0) is 20.1. The molecule has 0 spiro atoms. The lowest BCUT2D eigenvalue weighted by molar-refractivity contribution is 0.0195. The van der Waals surface area contributed by atoms with Crippen molar-refractivity contribution in [2.24, 2.45) is 10.9 Å². The van der Waals surface area contributed by atoms with E-state index in [0.29, 0.717) is 6.04 Å². The molecule has 1 aromatic rings. The SMILES string of the molecule is CN=C(NCc1ccc(N2CCC(C)CC2)cc1)N1CCC(N2CCOCC2)C1.I. The first-order valence-electron chi connectivity index (χ1n) is 11.3. The number of hydrogen-bond acceptors (Lipinski definition) is 4. The number of guanidine groups is 1. The lowest BCUT2D eigenvalue weighted by Crippen LogP contribution is -2.46. The molecule has 3 saturated heterocycles. The standard InChI is InChI=1S/C23H37N5O.HI/c1-19-7-10-26(11-8-19)21-5-3-20(4-6-21)17-25-23(24-2)28-12-9-22(18-28)27-13-15-29-16-14-27;/h3-6,19,22H,7-18H2,1-2H3,(H,24,25);1H. The van der Waals surface area contributed by atoms with Gasteiger partial charge in [-0.2, -0.15) is 0 Å². The highest BCUT2D eigenvalue weighted by atomic mass is 127. The summed E-state index contributed by atoms with van der Waals surface area (Å²) in [5, 5.41) is 3.58. The Labute approximate surface area is 199 Å². The van der Waals surface area contributed by atoms with Crippen LogP contribution in [-0.4, -0.2) is 81.3 Å². The van der Waals surface area contributed by atoms with Crippen LogP contribution in [0.15, 0.2) is 29.3 Å². The van der Waals surface area contributed by atoms with Crippen molar-refractivity contribution in [1.82, 2.24) is 15.1 Å². The second-order valence-corrected chi connectivity index (χ2v) is 8.77. The van der Waals surface area contributed by atoms with E-state index < -0.39 is 0 Å². The first-order chi connectivity index (χ1) is 14.2. The van der Waals surface area contributed by atoms with Crippen LogP contribution in [0.5, 0.6) is 0 Å². The van der Waals surface area contributed by atoms with Gasteiger partial charge < -0.3 is 19.9 Å². The maximum absolute atomic E-state index is 5.50. The van der Waals surface area contributed by atoms with Crippen LogP contribution in [0.2, 0.25) is 0 Å². The Balaban J connectivity index is 0.00000256. The number of anilines is 1. The number of aliphatic imine (C=N–C) groups is 1. The fourth-order valence-corrected chi connectivity index (χ4v) is 4.78. The predicted molar refractivity (Wildman–Crippen MR) is 135 cm³/mol. The molecular formula is C23H38IN5O. The summed E-state index contributed by atoms with van der Waals surface area (Å²) >= 11 is 0. The van der Waals surface area contributed by atoms with Crippen LogP contribution in [0.3, 0.4) is 0 Å². The van der Waals surface area contributed by atoms with E-state index in [-0.39, 0.29) is 24.0 Å². The van der Waals surface area contributed by atoms with Crippen molar-refractivity contribution >= 4 is 35.6 Å². The molecule has 3 fully saturated rings. The number of piperidine rings is 1. The molecule has 1 unspecified atom stereocenters. The molecule has 6 nitrogen and oxygen atoms in total. The Morgan fingerprint density at radius 1 is 1.03 bits per heavy atom. The lowest BCUT2D eigenvalue weighted by atomic mass is 9.99. The van der Waals surface area contributed by atoms with E-state index in [1.807, 2.05) is 7.05 Å². The molecule has 4 rings (SSSR count). The molecule has 7 heteroatoms. The van der Waals surface area contributed by atoms with Crippen molar-refractivity contribution in [2.75, 3.05) is 64.4 Å². The molecule has 3 aliphatic heterocycles. The van der Waals surface area contributed by atoms with Crippen LogP contribution in [0.4, 0.5) is 5.69 Å². The number of rotatable bonds is 4. The summed E-state index contributed by atoms with van der Waals surface area (Å²) in [6.07, 6.45) is 3.83. The number of ether oxygens (including phenoxy) is 1. The van der Waals surface area contributed by atoms with Gasteiger partial charge in [0, 0.05) is 64.6 Å². The predicted octanol–water partition coefficient (Wildman–Crippen LogP) is 3.02. The van der Waals surface area contributed by atoms with E-state index in [9.17, 15) is 0 Å². The van der Waals surface area contributed by atoms with Gasteiger partial charge in [-0.25, -0.2) is 0 Å². The number of likely N-dealkylation sites (tertiary alicyclic amines) is 1. The van der Waals surface area contributed by atoms with Crippen molar-refractivity contribution in [3.05, 3.63) is 29.8 Å². The molecule has 1 aromatic carbocycles. The highest BCUT2D eigenvalue weighted by Gasteiger charge is 2.30. The minimum Gasteiger partial charge on any atom is -0.379 e. The number of nitrogens with one attached hydrogen (secondary N) is 1. The number of halogens is 1. The van der Waals surface area contributed by atoms with Crippen molar-refractivity contribution in [2.45, 2.75) is 38.8 Å². The zero-order valence-electron chi connectivity index (χ0n) is 18.6. The Kier molecular flexibility index (Phi) is 9.07. The largest absolute Gasteiger partial charge is 0.379 e. The minimum absolute atomic E-state index is 0. The van der Waals surface area contributed by atoms with Crippen LogP contribution in [0, 0.1) is 5.92 Å². The molecule has 3 aliphatic rings. The van der Waals surface area contributed by atoms with Crippen LogP contribution >= 0.6 is 24.0 Å². The van der Waals surface area contributed by atoms with Crippen LogP contribution in [0.1, 0.15) is 31.7 Å². The van der Waals surface area contributed by atoms with Gasteiger partial charge in [0.25, 0.3) is 0 Å². The Morgan fingerprint density at radius 3 is 2.40 bits per heavy atom. The van der Waals surface area contributed by atoms with Gasteiger partial charge in [-0.15, -0.1) is 24.0 Å². The van der Waals surface area contributed by atoms with E-state index in [0.717, 1.165) is 57.8 Å². The lowest BCUT2D eigenvalue weighted by Gasteiger charge is -2.32. The number of morpholine rings is 1. The van der Waals surface area contributed by atoms with Gasteiger partial charge in [0.2, 0.25) is 0 Å². The van der Waals surface area contributed by atoms with Crippen molar-refractivity contribution in [1.29, 1.82) is 0 Å². The Morgan fingerprint density at radius 2 is 1.73 bits per heavy atom. The molecule has 0 bridgehead atoms. The summed E-state index contributed by atoms with van der Waals surface area (Å²) in [5.74, 6) is 1.89. The fourth-order valence-electron chi connectivity index (χ4n) is 4.78. The monoisotopic (exact) mass is 527 g/mol. The summed E-state index contributed by atoms with van der Waals surface area (Å²) in [6, 6.07) is 9.70. The van der Waals surface area contributed by atoms with Crippen molar-refractivity contribution in [3.8, 4) is 0 Å². The first-order valence-corrected chi connectivity index (χ1v) is 11.3. The quantitative estimate of drug-likeness (QED) is 0.371.